The summed E-state index contributed by atoms with van der Waals surface area (Å²) in [5, 5.41) is 3.55. The topological polar surface area (TPSA) is 21.3 Å². The lowest BCUT2D eigenvalue weighted by atomic mass is 9.75. The Labute approximate surface area is 130 Å². The van der Waals surface area contributed by atoms with E-state index in [1.54, 1.807) is 0 Å². The fourth-order valence-electron chi connectivity index (χ4n) is 3.89. The van der Waals surface area contributed by atoms with Gasteiger partial charge >= 0.3 is 0 Å². The number of hydrogen-bond acceptors (Lipinski definition) is 2. The molecule has 118 valence electrons. The first kappa shape index (κ1) is 16.4. The smallest absolute Gasteiger partial charge is 0.124 e. The van der Waals surface area contributed by atoms with Crippen molar-refractivity contribution in [2.24, 2.45) is 11.8 Å². The maximum absolute atomic E-state index is 5.83. The van der Waals surface area contributed by atoms with Crippen molar-refractivity contribution in [3.05, 3.63) is 29.8 Å². The highest BCUT2D eigenvalue weighted by Crippen LogP contribution is 2.40. The van der Waals surface area contributed by atoms with Gasteiger partial charge in [-0.1, -0.05) is 50.8 Å². The number of rotatable bonds is 7. The summed E-state index contributed by atoms with van der Waals surface area (Å²) in [7, 11) is 2.09. The van der Waals surface area contributed by atoms with Crippen molar-refractivity contribution in [2.75, 3.05) is 13.7 Å². The molecule has 0 heterocycles. The largest absolute Gasteiger partial charge is 0.494 e. The van der Waals surface area contributed by atoms with E-state index in [0.717, 1.165) is 24.2 Å². The molecule has 2 heteroatoms. The molecule has 1 fully saturated rings. The molecule has 21 heavy (non-hydrogen) atoms. The van der Waals surface area contributed by atoms with Gasteiger partial charge in [0.05, 0.1) is 6.61 Å². The molecule has 1 aromatic rings. The van der Waals surface area contributed by atoms with Gasteiger partial charge in [0.25, 0.3) is 0 Å². The van der Waals surface area contributed by atoms with Gasteiger partial charge in [0.15, 0.2) is 0 Å². The molecule has 1 unspecified atom stereocenters. The second-order valence-corrected chi connectivity index (χ2v) is 6.31. The van der Waals surface area contributed by atoms with Gasteiger partial charge in [-0.15, -0.1) is 0 Å². The monoisotopic (exact) mass is 289 g/mol. The minimum atomic E-state index is 0.426. The normalized spacial score (nSPS) is 23.8. The first-order chi connectivity index (χ1) is 10.3. The second-order valence-electron chi connectivity index (χ2n) is 6.31. The lowest BCUT2D eigenvalue weighted by Gasteiger charge is -2.34. The zero-order valence-electron chi connectivity index (χ0n) is 13.9. The van der Waals surface area contributed by atoms with Crippen LogP contribution in [-0.4, -0.2) is 13.7 Å². The summed E-state index contributed by atoms with van der Waals surface area (Å²) in [5.41, 5.74) is 1.33. The Bertz CT molecular complexity index is 410. The predicted octanol–water partition coefficient (Wildman–Crippen LogP) is 4.95. The molecule has 1 atom stereocenters. The molecule has 1 aliphatic rings. The number of benzene rings is 1. The second kappa shape index (κ2) is 8.43. The molecule has 2 nitrogen and oxygen atoms in total. The van der Waals surface area contributed by atoms with E-state index in [4.69, 9.17) is 4.74 Å². The van der Waals surface area contributed by atoms with Crippen LogP contribution in [0.4, 0.5) is 0 Å². The Kier molecular flexibility index (Phi) is 6.56. The fraction of sp³-hybridized carbons (Fsp3) is 0.684. The van der Waals surface area contributed by atoms with Gasteiger partial charge in [-0.2, -0.15) is 0 Å². The Morgan fingerprint density at radius 2 is 1.86 bits per heavy atom. The molecular weight excluding hydrogens is 258 g/mol. The molecule has 1 aliphatic carbocycles. The highest BCUT2D eigenvalue weighted by molar-refractivity contribution is 5.36. The minimum absolute atomic E-state index is 0.426. The van der Waals surface area contributed by atoms with Crippen molar-refractivity contribution in [2.45, 2.75) is 58.4 Å². The van der Waals surface area contributed by atoms with E-state index in [1.807, 2.05) is 0 Å². The van der Waals surface area contributed by atoms with E-state index in [0.29, 0.717) is 6.04 Å². The van der Waals surface area contributed by atoms with Crippen molar-refractivity contribution in [1.82, 2.24) is 5.32 Å². The summed E-state index contributed by atoms with van der Waals surface area (Å²) in [5.74, 6) is 2.76. The highest BCUT2D eigenvalue weighted by atomic mass is 16.5. The van der Waals surface area contributed by atoms with Crippen LogP contribution in [0.5, 0.6) is 5.75 Å². The summed E-state index contributed by atoms with van der Waals surface area (Å²) < 4.78 is 5.83. The third kappa shape index (κ3) is 4.23. The maximum atomic E-state index is 5.83. The molecule has 0 amide bonds. The molecule has 0 aliphatic heterocycles. The van der Waals surface area contributed by atoms with E-state index in [2.05, 4.69) is 50.5 Å². The van der Waals surface area contributed by atoms with Gasteiger partial charge < -0.3 is 10.1 Å². The van der Waals surface area contributed by atoms with Crippen molar-refractivity contribution < 1.29 is 4.74 Å². The van der Waals surface area contributed by atoms with Gasteiger partial charge in [0, 0.05) is 11.6 Å². The van der Waals surface area contributed by atoms with E-state index >= 15 is 0 Å². The number of ether oxygens (including phenoxy) is 1. The van der Waals surface area contributed by atoms with Crippen LogP contribution < -0.4 is 10.1 Å². The average Bonchev–Trinajstić information content (AvgIpc) is 2.52. The summed E-state index contributed by atoms with van der Waals surface area (Å²) in [6.45, 7) is 5.10. The van der Waals surface area contributed by atoms with Crippen LogP contribution in [-0.2, 0) is 0 Å². The van der Waals surface area contributed by atoms with E-state index in [9.17, 15) is 0 Å². The molecule has 2 rings (SSSR count). The summed E-state index contributed by atoms with van der Waals surface area (Å²) in [6.07, 6.45) is 8.22. The molecule has 0 bridgehead atoms. The number of hydrogen-bond donors (Lipinski definition) is 1. The zero-order chi connectivity index (χ0) is 15.1. The third-order valence-corrected chi connectivity index (χ3v) is 4.92. The lowest BCUT2D eigenvalue weighted by Crippen LogP contribution is -2.29. The van der Waals surface area contributed by atoms with E-state index < -0.39 is 0 Å². The maximum Gasteiger partial charge on any atom is 0.124 e. The van der Waals surface area contributed by atoms with Crippen LogP contribution >= 0.6 is 0 Å². The van der Waals surface area contributed by atoms with E-state index in [1.165, 1.54) is 44.1 Å². The first-order valence-electron chi connectivity index (χ1n) is 8.69. The molecule has 1 saturated carbocycles. The quantitative estimate of drug-likeness (QED) is 0.766. The molecular formula is C19H31NO. The van der Waals surface area contributed by atoms with Gasteiger partial charge in [0.1, 0.15) is 5.75 Å². The molecule has 1 aromatic carbocycles. The molecule has 0 aromatic heterocycles. The first-order valence-corrected chi connectivity index (χ1v) is 8.69. The summed E-state index contributed by atoms with van der Waals surface area (Å²) in [6, 6.07) is 8.95. The summed E-state index contributed by atoms with van der Waals surface area (Å²) >= 11 is 0. The highest BCUT2D eigenvalue weighted by Gasteiger charge is 2.28. The SMILES string of the molecule is CCCC1CCC(C(NC)c2ccccc2OCC)CC1. The number of para-hydroxylation sites is 1. The van der Waals surface area contributed by atoms with Crippen LogP contribution in [0.25, 0.3) is 0 Å². The van der Waals surface area contributed by atoms with Crippen LogP contribution in [0.15, 0.2) is 24.3 Å². The van der Waals surface area contributed by atoms with Crippen molar-refractivity contribution in [3.8, 4) is 5.75 Å². The Morgan fingerprint density at radius 1 is 1.14 bits per heavy atom. The number of nitrogens with one attached hydrogen (secondary N) is 1. The van der Waals surface area contributed by atoms with Crippen molar-refractivity contribution in [1.29, 1.82) is 0 Å². The molecule has 0 saturated heterocycles. The predicted molar refractivity (Wildman–Crippen MR) is 89.8 cm³/mol. The average molecular weight is 289 g/mol. The lowest BCUT2D eigenvalue weighted by molar-refractivity contribution is 0.216. The standard InChI is InChI=1S/C19H31NO/c1-4-8-15-11-13-16(14-12-15)19(20-3)17-9-6-7-10-18(17)21-5-2/h6-7,9-10,15-16,19-20H,4-5,8,11-14H2,1-3H3. The van der Waals surface area contributed by atoms with Crippen LogP contribution in [0.2, 0.25) is 0 Å². The third-order valence-electron chi connectivity index (χ3n) is 4.92. The van der Waals surface area contributed by atoms with Crippen molar-refractivity contribution >= 4 is 0 Å². The Balaban J connectivity index is 2.06. The minimum Gasteiger partial charge on any atom is -0.494 e. The van der Waals surface area contributed by atoms with Gasteiger partial charge in [0.2, 0.25) is 0 Å². The van der Waals surface area contributed by atoms with Gasteiger partial charge in [-0.25, -0.2) is 0 Å². The van der Waals surface area contributed by atoms with Crippen LogP contribution in [0.3, 0.4) is 0 Å². The van der Waals surface area contributed by atoms with Gasteiger partial charge in [-0.3, -0.25) is 0 Å². The Morgan fingerprint density at radius 3 is 2.48 bits per heavy atom. The fourth-order valence-corrected chi connectivity index (χ4v) is 3.89. The Hall–Kier alpha value is -1.02. The van der Waals surface area contributed by atoms with Crippen LogP contribution in [0.1, 0.15) is 64.0 Å². The van der Waals surface area contributed by atoms with Gasteiger partial charge in [-0.05, 0) is 44.7 Å². The molecule has 0 radical (unpaired) electrons. The van der Waals surface area contributed by atoms with Crippen LogP contribution in [0, 0.1) is 11.8 Å². The van der Waals surface area contributed by atoms with Crippen molar-refractivity contribution in [3.63, 3.8) is 0 Å². The summed E-state index contributed by atoms with van der Waals surface area (Å²) in [4.78, 5) is 0. The molecule has 0 spiro atoms. The zero-order valence-corrected chi connectivity index (χ0v) is 13.9. The van der Waals surface area contributed by atoms with E-state index in [-0.39, 0.29) is 0 Å². The molecule has 1 N–H and O–H groups in total.